The van der Waals surface area contributed by atoms with E-state index in [9.17, 15) is 4.79 Å². The fourth-order valence-electron chi connectivity index (χ4n) is 2.61. The van der Waals surface area contributed by atoms with Gasteiger partial charge in [-0.1, -0.05) is 19.8 Å². The fraction of sp³-hybridized carbons (Fsp3) is 0.929. The number of rotatable bonds is 3. The molecule has 4 heteroatoms. The summed E-state index contributed by atoms with van der Waals surface area (Å²) in [5.41, 5.74) is 5.19. The molecule has 18 heavy (non-hydrogen) atoms. The molecule has 1 fully saturated rings. The Hall–Kier alpha value is -0.770. The number of nitrogens with two attached hydrogens (primary N) is 1. The van der Waals surface area contributed by atoms with E-state index in [4.69, 9.17) is 10.5 Å². The molecule has 0 aromatic carbocycles. The third-order valence-corrected chi connectivity index (χ3v) is 3.46. The molecule has 0 unspecified atom stereocenters. The van der Waals surface area contributed by atoms with Crippen LogP contribution in [0.15, 0.2) is 0 Å². The second-order valence-electron chi connectivity index (χ2n) is 6.29. The van der Waals surface area contributed by atoms with E-state index in [-0.39, 0.29) is 12.1 Å². The number of hydrogen-bond acceptors (Lipinski definition) is 3. The first-order valence-electron chi connectivity index (χ1n) is 7.05. The molecule has 2 atom stereocenters. The molecule has 106 valence electrons. The molecule has 0 spiro atoms. The molecule has 0 aliphatic heterocycles. The number of carbonyl (C=O) groups excluding carboxylic acids is 1. The van der Waals surface area contributed by atoms with Crippen LogP contribution in [-0.2, 0) is 4.74 Å². The van der Waals surface area contributed by atoms with Crippen molar-refractivity contribution in [1.82, 2.24) is 4.90 Å². The van der Waals surface area contributed by atoms with Gasteiger partial charge in [0.1, 0.15) is 5.60 Å². The maximum atomic E-state index is 12.2. The van der Waals surface area contributed by atoms with E-state index in [1.807, 2.05) is 25.7 Å². The zero-order chi connectivity index (χ0) is 13.8. The molecule has 0 aromatic rings. The summed E-state index contributed by atoms with van der Waals surface area (Å²) in [4.78, 5) is 14.1. The lowest BCUT2D eigenvalue weighted by atomic mass is 9.85. The quantitative estimate of drug-likeness (QED) is 0.844. The first-order chi connectivity index (χ1) is 8.35. The van der Waals surface area contributed by atoms with Crippen molar-refractivity contribution in [3.8, 4) is 0 Å². The van der Waals surface area contributed by atoms with Crippen LogP contribution in [0.5, 0.6) is 0 Å². The van der Waals surface area contributed by atoms with Crippen molar-refractivity contribution in [2.75, 3.05) is 13.1 Å². The van der Waals surface area contributed by atoms with E-state index in [1.165, 1.54) is 19.3 Å². The number of carbonyl (C=O) groups is 1. The van der Waals surface area contributed by atoms with Crippen molar-refractivity contribution in [2.45, 2.75) is 65.0 Å². The lowest BCUT2D eigenvalue weighted by molar-refractivity contribution is 0.00618. The zero-order valence-corrected chi connectivity index (χ0v) is 12.2. The van der Waals surface area contributed by atoms with Crippen LogP contribution >= 0.6 is 0 Å². The second kappa shape index (κ2) is 6.41. The van der Waals surface area contributed by atoms with Gasteiger partial charge in [0, 0.05) is 19.1 Å². The number of nitrogens with zero attached hydrogens (tertiary/aromatic N) is 1. The van der Waals surface area contributed by atoms with Gasteiger partial charge in [0.15, 0.2) is 0 Å². The molecule has 0 saturated heterocycles. The zero-order valence-electron chi connectivity index (χ0n) is 12.2. The van der Waals surface area contributed by atoms with E-state index in [0.717, 1.165) is 6.42 Å². The van der Waals surface area contributed by atoms with Gasteiger partial charge in [-0.25, -0.2) is 4.79 Å². The Morgan fingerprint density at radius 2 is 1.94 bits per heavy atom. The monoisotopic (exact) mass is 256 g/mol. The molecule has 0 bridgehead atoms. The van der Waals surface area contributed by atoms with Crippen molar-refractivity contribution >= 4 is 6.09 Å². The summed E-state index contributed by atoms with van der Waals surface area (Å²) >= 11 is 0. The van der Waals surface area contributed by atoms with Crippen molar-refractivity contribution in [3.05, 3.63) is 0 Å². The predicted octanol–water partition coefficient (Wildman–Crippen LogP) is 2.76. The van der Waals surface area contributed by atoms with E-state index < -0.39 is 5.60 Å². The van der Waals surface area contributed by atoms with Gasteiger partial charge in [0.2, 0.25) is 0 Å². The predicted molar refractivity (Wildman–Crippen MR) is 73.4 cm³/mol. The van der Waals surface area contributed by atoms with E-state index >= 15 is 0 Å². The Morgan fingerprint density at radius 3 is 2.44 bits per heavy atom. The van der Waals surface area contributed by atoms with Crippen molar-refractivity contribution in [2.24, 2.45) is 11.7 Å². The Balaban J connectivity index is 2.71. The molecule has 0 heterocycles. The van der Waals surface area contributed by atoms with Crippen LogP contribution in [0.3, 0.4) is 0 Å². The molecule has 0 aromatic heterocycles. The van der Waals surface area contributed by atoms with E-state index in [1.54, 1.807) is 0 Å². The topological polar surface area (TPSA) is 55.6 Å². The highest BCUT2D eigenvalue weighted by Crippen LogP contribution is 2.28. The Morgan fingerprint density at radius 1 is 1.33 bits per heavy atom. The lowest BCUT2D eigenvalue weighted by Gasteiger charge is -2.39. The normalized spacial score (nSPS) is 24.7. The van der Waals surface area contributed by atoms with Gasteiger partial charge in [0.05, 0.1) is 0 Å². The van der Waals surface area contributed by atoms with Gasteiger partial charge in [0.25, 0.3) is 0 Å². The van der Waals surface area contributed by atoms with Gasteiger partial charge in [-0.2, -0.15) is 0 Å². The van der Waals surface area contributed by atoms with Gasteiger partial charge in [-0.3, -0.25) is 0 Å². The first kappa shape index (κ1) is 15.3. The van der Waals surface area contributed by atoms with Crippen LogP contribution in [0.25, 0.3) is 0 Å². The minimum atomic E-state index is -0.443. The average Bonchev–Trinajstić information content (AvgIpc) is 2.24. The minimum Gasteiger partial charge on any atom is -0.444 e. The molecule has 1 aliphatic carbocycles. The maximum absolute atomic E-state index is 12.2. The standard InChI is InChI=1S/C14H28N2O2/c1-11-7-5-6-8-12(11)16(10-9-15)13(17)18-14(2,3)4/h11-12H,5-10,15H2,1-4H3/t11-,12+/m0/s1. The number of amides is 1. The van der Waals surface area contributed by atoms with Gasteiger partial charge < -0.3 is 15.4 Å². The highest BCUT2D eigenvalue weighted by atomic mass is 16.6. The molecule has 1 amide bonds. The summed E-state index contributed by atoms with van der Waals surface area (Å²) < 4.78 is 5.49. The molecular formula is C14H28N2O2. The average molecular weight is 256 g/mol. The third kappa shape index (κ3) is 4.48. The van der Waals surface area contributed by atoms with Gasteiger partial charge >= 0.3 is 6.09 Å². The maximum Gasteiger partial charge on any atom is 0.410 e. The smallest absolute Gasteiger partial charge is 0.410 e. The van der Waals surface area contributed by atoms with Crippen molar-refractivity contribution in [3.63, 3.8) is 0 Å². The first-order valence-corrected chi connectivity index (χ1v) is 7.05. The molecule has 0 radical (unpaired) electrons. The molecule has 4 nitrogen and oxygen atoms in total. The fourth-order valence-corrected chi connectivity index (χ4v) is 2.61. The molecule has 1 saturated carbocycles. The number of ether oxygens (including phenoxy) is 1. The van der Waals surface area contributed by atoms with E-state index in [0.29, 0.717) is 19.0 Å². The summed E-state index contributed by atoms with van der Waals surface area (Å²) in [7, 11) is 0. The van der Waals surface area contributed by atoms with Crippen LogP contribution in [-0.4, -0.2) is 35.7 Å². The van der Waals surface area contributed by atoms with Crippen LogP contribution in [0.1, 0.15) is 53.4 Å². The SMILES string of the molecule is C[C@H]1CCCC[C@H]1N(CCN)C(=O)OC(C)(C)C. The Labute approximate surface area is 111 Å². The highest BCUT2D eigenvalue weighted by molar-refractivity contribution is 5.68. The molecular weight excluding hydrogens is 228 g/mol. The molecule has 2 N–H and O–H groups in total. The Bertz CT molecular complexity index is 273. The summed E-state index contributed by atoms with van der Waals surface area (Å²) in [5, 5.41) is 0. The van der Waals surface area contributed by atoms with Crippen LogP contribution in [0, 0.1) is 5.92 Å². The summed E-state index contributed by atoms with van der Waals surface area (Å²) in [6, 6.07) is 0.289. The molecule has 1 aliphatic rings. The van der Waals surface area contributed by atoms with Crippen molar-refractivity contribution in [1.29, 1.82) is 0 Å². The highest BCUT2D eigenvalue weighted by Gasteiger charge is 2.32. The summed E-state index contributed by atoms with van der Waals surface area (Å²) in [6.07, 6.45) is 4.50. The van der Waals surface area contributed by atoms with Gasteiger partial charge in [-0.15, -0.1) is 0 Å². The van der Waals surface area contributed by atoms with Crippen LogP contribution in [0.2, 0.25) is 0 Å². The summed E-state index contributed by atoms with van der Waals surface area (Å²) in [5.74, 6) is 0.540. The summed E-state index contributed by atoms with van der Waals surface area (Å²) in [6.45, 7) is 8.99. The second-order valence-corrected chi connectivity index (χ2v) is 6.29. The minimum absolute atomic E-state index is 0.216. The van der Waals surface area contributed by atoms with E-state index in [2.05, 4.69) is 6.92 Å². The van der Waals surface area contributed by atoms with Crippen LogP contribution < -0.4 is 5.73 Å². The Kier molecular flexibility index (Phi) is 5.45. The van der Waals surface area contributed by atoms with Crippen molar-refractivity contribution < 1.29 is 9.53 Å². The molecule has 1 rings (SSSR count). The number of hydrogen-bond donors (Lipinski definition) is 1. The van der Waals surface area contributed by atoms with Crippen LogP contribution in [0.4, 0.5) is 4.79 Å². The van der Waals surface area contributed by atoms with Gasteiger partial charge in [-0.05, 0) is 39.5 Å². The lowest BCUT2D eigenvalue weighted by Crippen LogP contribution is -2.49. The third-order valence-electron chi connectivity index (χ3n) is 3.46. The largest absolute Gasteiger partial charge is 0.444 e.